The summed E-state index contributed by atoms with van der Waals surface area (Å²) in [5.74, 6) is -0.184. The highest BCUT2D eigenvalue weighted by atomic mass is 16.5. The van der Waals surface area contributed by atoms with E-state index in [0.717, 1.165) is 61.2 Å². The van der Waals surface area contributed by atoms with E-state index in [9.17, 15) is 19.2 Å². The summed E-state index contributed by atoms with van der Waals surface area (Å²) in [5.41, 5.74) is 14.9. The fourth-order valence-electron chi connectivity index (χ4n) is 12.1. The number of hydrogen-bond donors (Lipinski definition) is 0. The van der Waals surface area contributed by atoms with Crippen molar-refractivity contribution < 1.29 is 28.7 Å². The molecule has 65 heavy (non-hydrogen) atoms. The van der Waals surface area contributed by atoms with Crippen molar-refractivity contribution in [3.8, 4) is 22.3 Å². The average Bonchev–Trinajstić information content (AvgIpc) is 4.18. The van der Waals surface area contributed by atoms with Gasteiger partial charge in [-0.05, 0) is 137 Å². The molecule has 4 heterocycles. The molecule has 3 fully saturated rings. The minimum absolute atomic E-state index is 0.0295. The highest BCUT2D eigenvalue weighted by Gasteiger charge is 2.42. The molecule has 0 aromatic heterocycles. The van der Waals surface area contributed by atoms with Gasteiger partial charge in [-0.1, -0.05) is 76.6 Å². The maximum atomic E-state index is 14.1. The van der Waals surface area contributed by atoms with Crippen LogP contribution in [-0.4, -0.2) is 84.4 Å². The molecule has 3 aromatic rings. The molecule has 10 nitrogen and oxygen atoms in total. The molecule has 2 saturated heterocycles. The minimum atomic E-state index is -0.403. The molecular weight excluding hydrogens is 813 g/mol. The van der Waals surface area contributed by atoms with Gasteiger partial charge in [-0.25, -0.2) is 0 Å². The molecule has 2 bridgehead atoms. The zero-order valence-electron chi connectivity index (χ0n) is 39.2. The minimum Gasteiger partial charge on any atom is -0.469 e. The number of nitrogens with zero attached hydrogens (tertiary/aromatic N) is 4. The second kappa shape index (κ2) is 18.8. The summed E-state index contributed by atoms with van der Waals surface area (Å²) < 4.78 is 9.92. The third-order valence-electron chi connectivity index (χ3n) is 16.0. The first kappa shape index (κ1) is 44.8. The number of hydrogen-bond acceptors (Lipinski definition) is 8. The predicted octanol–water partition coefficient (Wildman–Crippen LogP) is 10.6. The van der Waals surface area contributed by atoms with Crippen LogP contribution in [0.3, 0.4) is 0 Å². The van der Waals surface area contributed by atoms with Gasteiger partial charge < -0.3 is 19.3 Å². The lowest BCUT2D eigenvalue weighted by molar-refractivity contribution is -0.148. The van der Waals surface area contributed by atoms with Crippen molar-refractivity contribution in [2.45, 2.75) is 135 Å². The summed E-state index contributed by atoms with van der Waals surface area (Å²) in [4.78, 5) is 66.5. The standard InChI is InChI=1S/C55H66N4O6/c1-7-33(4)44(30-51(61)65-6)55(63)59-25-9-11-49(59)47-27-39-26-38(20-23-45(39)57-47)42-22-21-41(52-36-16-18-37(19-17-36)53(42)52)35-14-12-34(13-15-35)40-28-46(56-31-40)48-10-8-24-58(48)54(62)43(32(2)3)29-50(60)64-5/h12-15,20-23,26,31-33,36-37,43-44,48-49H,7-11,16-19,24-25,27-30H2,1-6H3/t33?,36?,37?,43-,44-,48-,49-/m0/s1. The first-order valence-electron chi connectivity index (χ1n) is 24.5. The van der Waals surface area contributed by atoms with Crippen LogP contribution in [0.4, 0.5) is 5.69 Å². The number of likely N-dealkylation sites (tertiary alicyclic amines) is 2. The van der Waals surface area contributed by atoms with E-state index in [2.05, 4.69) is 68.4 Å². The highest BCUT2D eigenvalue weighted by Crippen LogP contribution is 2.55. The normalized spacial score (nSPS) is 23.4. The van der Waals surface area contributed by atoms with Crippen LogP contribution in [0.15, 0.2) is 70.8 Å². The molecule has 0 radical (unpaired) electrons. The number of benzene rings is 3. The Hall–Kier alpha value is -5.38. The summed E-state index contributed by atoms with van der Waals surface area (Å²) in [6.07, 6.45) is 13.0. The van der Waals surface area contributed by atoms with Gasteiger partial charge in [-0.3, -0.25) is 29.2 Å². The second-order valence-electron chi connectivity index (χ2n) is 20.0. The molecule has 4 aliphatic heterocycles. The van der Waals surface area contributed by atoms with Crippen LogP contribution in [0.5, 0.6) is 0 Å². The van der Waals surface area contributed by atoms with Crippen LogP contribution >= 0.6 is 0 Å². The van der Waals surface area contributed by atoms with Gasteiger partial charge >= 0.3 is 11.9 Å². The lowest BCUT2D eigenvalue weighted by Gasteiger charge is -2.41. The number of allylic oxidation sites excluding steroid dienone is 1. The number of carbonyl (C=O) groups is 4. The smallest absolute Gasteiger partial charge is 0.306 e. The molecule has 1 unspecified atom stereocenters. The van der Waals surface area contributed by atoms with Gasteiger partial charge in [0, 0.05) is 43.6 Å². The molecule has 5 atom stereocenters. The first-order chi connectivity index (χ1) is 31.5. The molecule has 10 heteroatoms. The summed E-state index contributed by atoms with van der Waals surface area (Å²) in [6.45, 7) is 9.51. The molecule has 3 aromatic carbocycles. The van der Waals surface area contributed by atoms with Crippen molar-refractivity contribution in [1.82, 2.24) is 9.80 Å². The summed E-state index contributed by atoms with van der Waals surface area (Å²) >= 11 is 0. The van der Waals surface area contributed by atoms with E-state index in [4.69, 9.17) is 19.5 Å². The Morgan fingerprint density at radius 1 is 0.662 bits per heavy atom. The van der Waals surface area contributed by atoms with E-state index in [1.807, 2.05) is 29.8 Å². The third kappa shape index (κ3) is 8.62. The molecule has 3 aliphatic carbocycles. The Bertz CT molecular complexity index is 2440. The third-order valence-corrected chi connectivity index (χ3v) is 16.0. The molecular formula is C55H66N4O6. The summed E-state index contributed by atoms with van der Waals surface area (Å²) in [5, 5.41) is 0. The Kier molecular flexibility index (Phi) is 13.0. The van der Waals surface area contributed by atoms with Gasteiger partial charge in [-0.2, -0.15) is 0 Å². The van der Waals surface area contributed by atoms with Crippen molar-refractivity contribution in [2.75, 3.05) is 27.3 Å². The summed E-state index contributed by atoms with van der Waals surface area (Å²) in [7, 11) is 2.77. The van der Waals surface area contributed by atoms with Crippen LogP contribution in [0.1, 0.15) is 139 Å². The van der Waals surface area contributed by atoms with Gasteiger partial charge in [0.1, 0.15) is 0 Å². The van der Waals surface area contributed by atoms with Crippen LogP contribution in [-0.2, 0) is 35.1 Å². The Morgan fingerprint density at radius 2 is 1.20 bits per heavy atom. The van der Waals surface area contributed by atoms with Crippen molar-refractivity contribution >= 4 is 46.4 Å². The van der Waals surface area contributed by atoms with E-state index in [0.29, 0.717) is 31.3 Å². The Morgan fingerprint density at radius 3 is 1.78 bits per heavy atom. The largest absolute Gasteiger partial charge is 0.469 e. The Labute approximate surface area is 385 Å². The lowest BCUT2D eigenvalue weighted by atomic mass is 9.63. The van der Waals surface area contributed by atoms with Crippen molar-refractivity contribution in [3.63, 3.8) is 0 Å². The van der Waals surface area contributed by atoms with Crippen molar-refractivity contribution in [2.24, 2.45) is 33.7 Å². The first-order valence-corrected chi connectivity index (χ1v) is 24.5. The monoisotopic (exact) mass is 878 g/mol. The zero-order valence-corrected chi connectivity index (χ0v) is 39.2. The molecule has 10 rings (SSSR count). The van der Waals surface area contributed by atoms with E-state index >= 15 is 0 Å². The van der Waals surface area contributed by atoms with Gasteiger partial charge in [0.05, 0.1) is 56.7 Å². The van der Waals surface area contributed by atoms with Crippen molar-refractivity contribution in [3.05, 3.63) is 83.1 Å². The quantitative estimate of drug-likeness (QED) is 0.149. The van der Waals surface area contributed by atoms with Gasteiger partial charge in [0.25, 0.3) is 0 Å². The van der Waals surface area contributed by atoms with E-state index < -0.39 is 11.8 Å². The van der Waals surface area contributed by atoms with E-state index in [-0.39, 0.29) is 60.5 Å². The SMILES string of the molecule is CCC(C)[C@H](CC(=O)OC)C(=O)N1CCC[C@H]1C1=Nc2ccc(-c3ccc(-c4ccc(C5=CN=C([C@@H]6CCCN6C(=O)[C@@H](CC(=O)OC)C(C)C)C5)cc4)c4c3C3CCC4CC3)cc2C1. The zero-order chi connectivity index (χ0) is 45.5. The van der Waals surface area contributed by atoms with Crippen LogP contribution in [0.2, 0.25) is 0 Å². The molecule has 1 saturated carbocycles. The average molecular weight is 879 g/mol. The van der Waals surface area contributed by atoms with Crippen LogP contribution in [0, 0.1) is 23.7 Å². The fraction of sp³-hybridized carbons (Fsp3) is 0.527. The second-order valence-corrected chi connectivity index (χ2v) is 20.0. The topological polar surface area (TPSA) is 118 Å². The van der Waals surface area contributed by atoms with Crippen LogP contribution < -0.4 is 0 Å². The number of amides is 2. The number of aliphatic imine (C=N–C) groups is 2. The Balaban J connectivity index is 0.911. The number of ether oxygens (including phenoxy) is 2. The van der Waals surface area contributed by atoms with E-state index in [1.54, 1.807) is 0 Å². The maximum absolute atomic E-state index is 14.1. The van der Waals surface area contributed by atoms with Crippen molar-refractivity contribution in [1.29, 1.82) is 0 Å². The number of esters is 2. The molecule has 342 valence electrons. The molecule has 7 aliphatic rings. The molecule has 0 spiro atoms. The van der Waals surface area contributed by atoms with Gasteiger partial charge in [0.2, 0.25) is 11.8 Å². The van der Waals surface area contributed by atoms with E-state index in [1.165, 1.54) is 84.4 Å². The highest BCUT2D eigenvalue weighted by molar-refractivity contribution is 6.04. The number of fused-ring (bicyclic) bond motifs is 3. The maximum Gasteiger partial charge on any atom is 0.306 e. The number of rotatable bonds is 14. The van der Waals surface area contributed by atoms with Gasteiger partial charge in [0.15, 0.2) is 0 Å². The molecule has 0 N–H and O–H groups in total. The van der Waals surface area contributed by atoms with Crippen LogP contribution in [0.25, 0.3) is 27.8 Å². The molecule has 2 amide bonds. The van der Waals surface area contributed by atoms with Gasteiger partial charge in [-0.15, -0.1) is 0 Å². The number of methoxy groups -OCH3 is 2. The lowest BCUT2D eigenvalue weighted by Crippen LogP contribution is -2.45. The predicted molar refractivity (Wildman–Crippen MR) is 256 cm³/mol. The summed E-state index contributed by atoms with van der Waals surface area (Å²) in [6, 6.07) is 20.5. The fourth-order valence-corrected chi connectivity index (χ4v) is 12.1. The number of carbonyl (C=O) groups excluding carboxylic acids is 4.